The third-order valence-electron chi connectivity index (χ3n) is 13.9. The molecule has 1 aliphatic rings. The minimum Gasteiger partial charge on any atom is -0.496 e. The molecule has 7 aromatic carbocycles. The summed E-state index contributed by atoms with van der Waals surface area (Å²) in [5.41, 5.74) is 12.5. The molecular formula is C65H68N12O9. The average molecular weight is 1160 g/mol. The molecule has 0 aliphatic heterocycles. The van der Waals surface area contributed by atoms with Gasteiger partial charge in [-0.05, 0) is 107 Å². The Morgan fingerprint density at radius 3 is 1.69 bits per heavy atom. The van der Waals surface area contributed by atoms with E-state index >= 15 is 0 Å². The quantitative estimate of drug-likeness (QED) is 0.0422. The summed E-state index contributed by atoms with van der Waals surface area (Å²) in [5.74, 6) is 3.33. The Morgan fingerprint density at radius 1 is 0.547 bits per heavy atom. The summed E-state index contributed by atoms with van der Waals surface area (Å²) in [6.07, 6.45) is 1.41. The molecule has 8 N–H and O–H groups in total. The van der Waals surface area contributed by atoms with E-state index in [0.29, 0.717) is 73.5 Å². The SMILES string of the molecule is CCN(CC)c1cc2nc(-c3ccccc3OC)[nH]c2cc1NC(=O)C1CC1.CCOC(=O)Nc1cc(NC(C)=O)c2nc(-c3ccccc3)[nH]c2c1.COc1ccc(C(=O)Nc2cc(NC(C)=O)c3nc(-c4ccc(C)cc4)[nH]c3c2)cc1OC. The van der Waals surface area contributed by atoms with Crippen molar-refractivity contribution in [2.45, 2.75) is 54.4 Å². The van der Waals surface area contributed by atoms with Crippen LogP contribution in [0.2, 0.25) is 0 Å². The zero-order valence-electron chi connectivity index (χ0n) is 49.3. The predicted octanol–water partition coefficient (Wildman–Crippen LogP) is 13.0. The molecule has 442 valence electrons. The van der Waals surface area contributed by atoms with Crippen molar-refractivity contribution in [3.63, 3.8) is 0 Å². The molecule has 1 fully saturated rings. The summed E-state index contributed by atoms with van der Waals surface area (Å²) in [7, 11) is 4.70. The van der Waals surface area contributed by atoms with Crippen molar-refractivity contribution in [1.82, 2.24) is 29.9 Å². The fourth-order valence-corrected chi connectivity index (χ4v) is 9.52. The van der Waals surface area contributed by atoms with Gasteiger partial charge in [-0.2, -0.15) is 0 Å². The Labute approximate surface area is 496 Å². The molecule has 0 unspecified atom stereocenters. The molecule has 5 amide bonds. The number of aryl methyl sites for hydroxylation is 1. The van der Waals surface area contributed by atoms with Gasteiger partial charge >= 0.3 is 6.09 Å². The summed E-state index contributed by atoms with van der Waals surface area (Å²) < 4.78 is 20.9. The van der Waals surface area contributed by atoms with E-state index in [0.717, 1.165) is 82.2 Å². The van der Waals surface area contributed by atoms with Crippen LogP contribution in [0.5, 0.6) is 17.2 Å². The Kier molecular flexibility index (Phi) is 18.9. The predicted molar refractivity (Wildman–Crippen MR) is 338 cm³/mol. The lowest BCUT2D eigenvalue weighted by Gasteiger charge is -2.24. The fraction of sp³-hybridized carbons (Fsp3) is 0.231. The van der Waals surface area contributed by atoms with Crippen molar-refractivity contribution in [1.29, 1.82) is 0 Å². The molecule has 21 heteroatoms. The van der Waals surface area contributed by atoms with Gasteiger partial charge in [0, 0.05) is 60.9 Å². The molecule has 0 radical (unpaired) electrons. The van der Waals surface area contributed by atoms with Gasteiger partial charge in [-0.1, -0.05) is 72.3 Å². The van der Waals surface area contributed by atoms with Gasteiger partial charge in [0.2, 0.25) is 17.7 Å². The molecule has 1 aliphatic carbocycles. The van der Waals surface area contributed by atoms with Gasteiger partial charge in [0.05, 0.1) is 78.3 Å². The number of aromatic amines is 3. The van der Waals surface area contributed by atoms with Crippen LogP contribution in [-0.2, 0) is 19.1 Å². The van der Waals surface area contributed by atoms with Crippen LogP contribution in [-0.4, -0.2) is 101 Å². The third-order valence-corrected chi connectivity index (χ3v) is 13.9. The van der Waals surface area contributed by atoms with Crippen molar-refractivity contribution in [2.24, 2.45) is 5.92 Å². The molecule has 0 bridgehead atoms. The van der Waals surface area contributed by atoms with Crippen LogP contribution >= 0.6 is 0 Å². The highest BCUT2D eigenvalue weighted by Crippen LogP contribution is 2.38. The number of nitrogens with zero attached hydrogens (tertiary/aromatic N) is 4. The van der Waals surface area contributed by atoms with Crippen LogP contribution in [0.25, 0.3) is 67.3 Å². The molecule has 21 nitrogen and oxygen atoms in total. The van der Waals surface area contributed by atoms with Crippen molar-refractivity contribution < 1.29 is 42.9 Å². The number of carbonyl (C=O) groups excluding carboxylic acids is 5. The van der Waals surface area contributed by atoms with E-state index in [2.05, 4.69) is 76.3 Å². The molecule has 0 spiro atoms. The van der Waals surface area contributed by atoms with E-state index in [1.165, 1.54) is 28.1 Å². The lowest BCUT2D eigenvalue weighted by molar-refractivity contribution is -0.117. The Balaban J connectivity index is 0.000000156. The summed E-state index contributed by atoms with van der Waals surface area (Å²) in [4.78, 5) is 86.4. The number of nitrogens with one attached hydrogen (secondary N) is 8. The monoisotopic (exact) mass is 1160 g/mol. The third kappa shape index (κ3) is 14.4. The zero-order valence-corrected chi connectivity index (χ0v) is 49.3. The maximum atomic E-state index is 12.9. The van der Waals surface area contributed by atoms with Crippen LogP contribution in [0.15, 0.2) is 133 Å². The Bertz CT molecular complexity index is 4090. The van der Waals surface area contributed by atoms with Gasteiger partial charge in [-0.15, -0.1) is 0 Å². The first kappa shape index (κ1) is 59.9. The number of benzene rings is 7. The van der Waals surface area contributed by atoms with Gasteiger partial charge in [0.15, 0.2) is 11.5 Å². The van der Waals surface area contributed by atoms with Crippen molar-refractivity contribution in [3.05, 3.63) is 145 Å². The van der Waals surface area contributed by atoms with E-state index in [9.17, 15) is 24.0 Å². The Hall–Kier alpha value is -10.7. The van der Waals surface area contributed by atoms with Crippen LogP contribution in [0.1, 0.15) is 63.4 Å². The fourth-order valence-electron chi connectivity index (χ4n) is 9.52. The average Bonchev–Trinajstić information content (AvgIpc) is 1.91. The first-order chi connectivity index (χ1) is 41.6. The second kappa shape index (κ2) is 27.1. The molecule has 0 atom stereocenters. The maximum Gasteiger partial charge on any atom is 0.411 e. The van der Waals surface area contributed by atoms with Crippen molar-refractivity contribution >= 4 is 96.9 Å². The van der Waals surface area contributed by atoms with E-state index in [-0.39, 0.29) is 36.2 Å². The number of carbonyl (C=O) groups is 5. The second-order valence-electron chi connectivity index (χ2n) is 20.1. The summed E-state index contributed by atoms with van der Waals surface area (Å²) in [5, 5.41) is 14.2. The highest BCUT2D eigenvalue weighted by molar-refractivity contribution is 6.08. The summed E-state index contributed by atoms with van der Waals surface area (Å²) in [6, 6.07) is 41.3. The lowest BCUT2D eigenvalue weighted by Crippen LogP contribution is -2.24. The number of H-pyrrole nitrogens is 3. The van der Waals surface area contributed by atoms with Crippen molar-refractivity contribution in [2.75, 3.05) is 72.5 Å². The highest BCUT2D eigenvalue weighted by Gasteiger charge is 2.30. The number of para-hydroxylation sites is 1. The molecule has 10 aromatic rings. The van der Waals surface area contributed by atoms with Crippen molar-refractivity contribution in [3.8, 4) is 51.4 Å². The van der Waals surface area contributed by atoms with Gasteiger partial charge in [-0.25, -0.2) is 19.7 Å². The highest BCUT2D eigenvalue weighted by atomic mass is 16.5. The molecule has 3 aromatic heterocycles. The molecule has 0 saturated heterocycles. The number of aromatic nitrogens is 6. The molecule has 86 heavy (non-hydrogen) atoms. The smallest absolute Gasteiger partial charge is 0.411 e. The number of methoxy groups -OCH3 is 3. The lowest BCUT2D eigenvalue weighted by atomic mass is 10.1. The molecule has 1 saturated carbocycles. The van der Waals surface area contributed by atoms with E-state index < -0.39 is 6.09 Å². The molecule has 3 heterocycles. The largest absolute Gasteiger partial charge is 0.496 e. The summed E-state index contributed by atoms with van der Waals surface area (Å²) >= 11 is 0. The number of rotatable bonds is 17. The maximum absolute atomic E-state index is 12.9. The number of ether oxygens (including phenoxy) is 4. The van der Waals surface area contributed by atoms with E-state index in [1.54, 1.807) is 56.5 Å². The molecular weight excluding hydrogens is 1090 g/mol. The summed E-state index contributed by atoms with van der Waals surface area (Å²) in [6.45, 7) is 12.8. The van der Waals surface area contributed by atoms with Gasteiger partial charge in [-0.3, -0.25) is 24.5 Å². The number of amides is 5. The van der Waals surface area contributed by atoms with Gasteiger partial charge in [0.25, 0.3) is 5.91 Å². The van der Waals surface area contributed by atoms with Crippen LogP contribution in [0.3, 0.4) is 0 Å². The van der Waals surface area contributed by atoms with Crippen LogP contribution in [0.4, 0.5) is 38.9 Å². The number of hydrogen-bond acceptors (Lipinski definition) is 13. The number of fused-ring (bicyclic) bond motifs is 3. The minimum atomic E-state index is -0.557. The van der Waals surface area contributed by atoms with Gasteiger partial charge < -0.3 is 60.1 Å². The number of hydrogen-bond donors (Lipinski definition) is 8. The molecule has 11 rings (SSSR count). The standard InChI is InChI=1S/C25H24N4O4.C22H26N4O2.C18H18N4O3/c1-14-5-7-16(8-6-14)24-28-20-13-18(12-19(23(20)29-24)26-15(2)30)27-25(31)17-9-10-21(32-3)22(11-17)33-4;1-4-26(5-2)19-13-17-16(12-18(19)25-22(27)14-10-11-14)23-21(24-17)15-8-6-7-9-20(15)28-3;1-3-25-18(24)20-13-9-14(19-11(2)23)16-15(10-13)21-17(22-16)12-7-5-4-6-8-12/h5-13H,1-4H3,(H,26,30)(H,27,31)(H,28,29);6-9,12-14H,4-5,10-11H2,1-3H3,(H,23,24)(H,25,27);4-10H,3H2,1-2H3,(H,19,23)(H,20,24)(H,21,22). The number of imidazole rings is 3. The normalized spacial score (nSPS) is 11.5. The zero-order chi connectivity index (χ0) is 61.0. The second-order valence-corrected chi connectivity index (χ2v) is 20.1. The first-order valence-electron chi connectivity index (χ1n) is 28.0. The minimum absolute atomic E-state index is 0.109. The first-order valence-corrected chi connectivity index (χ1v) is 28.0. The topological polar surface area (TPSA) is 272 Å². The van der Waals surface area contributed by atoms with E-state index in [4.69, 9.17) is 23.9 Å². The number of anilines is 6. The van der Waals surface area contributed by atoms with E-state index in [1.807, 2.05) is 91.9 Å². The Morgan fingerprint density at radius 2 is 1.12 bits per heavy atom. The van der Waals surface area contributed by atoms with Crippen LogP contribution < -0.4 is 45.7 Å². The van der Waals surface area contributed by atoms with Gasteiger partial charge in [0.1, 0.15) is 34.3 Å². The van der Waals surface area contributed by atoms with Crippen LogP contribution in [0, 0.1) is 12.8 Å².